The van der Waals surface area contributed by atoms with Crippen LogP contribution in [0.1, 0.15) is 31.0 Å². The summed E-state index contributed by atoms with van der Waals surface area (Å²) in [6, 6.07) is 3.17. The van der Waals surface area contributed by atoms with Gasteiger partial charge < -0.3 is 10.1 Å². The van der Waals surface area contributed by atoms with Crippen molar-refractivity contribution in [3.8, 4) is 0 Å². The monoisotopic (exact) mass is 411 g/mol. The van der Waals surface area contributed by atoms with Crippen LogP contribution in [-0.2, 0) is 20.9 Å². The molecule has 0 radical (unpaired) electrons. The van der Waals surface area contributed by atoms with Gasteiger partial charge in [-0.05, 0) is 31.6 Å². The quantitative estimate of drug-likeness (QED) is 0.524. The minimum absolute atomic E-state index is 0.405. The minimum atomic E-state index is -0.926. The van der Waals surface area contributed by atoms with E-state index in [2.05, 4.69) is 12.0 Å². The minimum Gasteiger partial charge on any atom is -0.452 e. The molecule has 0 saturated carbocycles. The first kappa shape index (κ1) is 21.6. The largest absolute Gasteiger partial charge is 0.452 e. The van der Waals surface area contributed by atoms with Gasteiger partial charge in [0.05, 0.1) is 5.69 Å². The van der Waals surface area contributed by atoms with Crippen molar-refractivity contribution < 1.29 is 23.1 Å². The van der Waals surface area contributed by atoms with E-state index < -0.39 is 35.8 Å². The molecule has 0 atom stereocenters. The number of carbonyl (C=O) groups excluding carboxylic acids is 2. The maximum absolute atomic E-state index is 13.5. The zero-order valence-electron chi connectivity index (χ0n) is 15.5. The van der Waals surface area contributed by atoms with Crippen molar-refractivity contribution in [3.63, 3.8) is 0 Å². The highest BCUT2D eigenvalue weighted by Gasteiger charge is 2.14. The van der Waals surface area contributed by atoms with Gasteiger partial charge in [0.15, 0.2) is 6.61 Å². The second-order valence-corrected chi connectivity index (χ2v) is 6.31. The molecule has 1 aromatic heterocycles. The molecule has 1 amide bonds. The number of hydrogen-bond donors (Lipinski definition) is 1. The zero-order chi connectivity index (χ0) is 20.7. The highest BCUT2D eigenvalue weighted by Crippen LogP contribution is 2.22. The molecule has 1 N–H and O–H groups in total. The van der Waals surface area contributed by atoms with Gasteiger partial charge in [-0.2, -0.15) is 5.10 Å². The van der Waals surface area contributed by atoms with Crippen LogP contribution in [0.25, 0.3) is 6.08 Å². The van der Waals surface area contributed by atoms with Crippen molar-refractivity contribution in [1.29, 1.82) is 0 Å². The number of hydrogen-bond acceptors (Lipinski definition) is 4. The Morgan fingerprint density at radius 3 is 2.64 bits per heavy atom. The second kappa shape index (κ2) is 9.98. The Morgan fingerprint density at radius 1 is 1.32 bits per heavy atom. The molecule has 0 spiro atoms. The molecule has 0 unspecified atom stereocenters. The number of aromatic nitrogens is 2. The summed E-state index contributed by atoms with van der Waals surface area (Å²) in [5.41, 5.74) is 0.631. The number of amides is 1. The summed E-state index contributed by atoms with van der Waals surface area (Å²) < 4.78 is 33.4. The van der Waals surface area contributed by atoms with Crippen LogP contribution >= 0.6 is 11.6 Å². The van der Waals surface area contributed by atoms with Crippen molar-refractivity contribution >= 4 is 35.2 Å². The number of ether oxygens (including phenoxy) is 1. The van der Waals surface area contributed by atoms with Crippen LogP contribution in [0.4, 0.5) is 14.5 Å². The van der Waals surface area contributed by atoms with Crippen LogP contribution in [0, 0.1) is 18.6 Å². The van der Waals surface area contributed by atoms with Gasteiger partial charge in [-0.1, -0.05) is 31.0 Å². The third kappa shape index (κ3) is 5.63. The number of para-hydroxylation sites is 1. The molecule has 150 valence electrons. The Labute approximate surface area is 166 Å². The highest BCUT2D eigenvalue weighted by atomic mass is 35.5. The number of rotatable bonds is 8. The molecule has 0 saturated heterocycles. The maximum atomic E-state index is 13.5. The fraction of sp³-hybridized carbons (Fsp3) is 0.316. The van der Waals surface area contributed by atoms with E-state index in [0.717, 1.165) is 31.1 Å². The lowest BCUT2D eigenvalue weighted by atomic mass is 10.2. The molecule has 2 aromatic rings. The number of benzene rings is 1. The normalized spacial score (nSPS) is 11.0. The SMILES string of the molecule is CCCCn1nc(C)c(/C=C/C(=O)OCC(=O)Nc2c(F)cccc2F)c1Cl. The van der Waals surface area contributed by atoms with Gasteiger partial charge in [0.2, 0.25) is 0 Å². The molecule has 0 aliphatic carbocycles. The van der Waals surface area contributed by atoms with Crippen molar-refractivity contribution in [3.05, 3.63) is 52.3 Å². The standard InChI is InChI=1S/C19H20ClF2N3O3/c1-3-4-10-25-19(20)13(12(2)24-25)8-9-17(27)28-11-16(26)23-18-14(21)6-5-7-15(18)22/h5-9H,3-4,10-11H2,1-2H3,(H,23,26)/b9-8+. The third-order valence-electron chi connectivity index (χ3n) is 3.79. The Morgan fingerprint density at radius 2 is 2.00 bits per heavy atom. The molecule has 0 bridgehead atoms. The second-order valence-electron chi connectivity index (χ2n) is 5.95. The molecule has 28 heavy (non-hydrogen) atoms. The molecule has 0 fully saturated rings. The Bertz CT molecular complexity index is 877. The molecule has 6 nitrogen and oxygen atoms in total. The zero-order valence-corrected chi connectivity index (χ0v) is 16.2. The molecule has 0 aliphatic rings. The van der Waals surface area contributed by atoms with Crippen LogP contribution in [0.5, 0.6) is 0 Å². The van der Waals surface area contributed by atoms with E-state index in [0.29, 0.717) is 23.0 Å². The van der Waals surface area contributed by atoms with Crippen LogP contribution < -0.4 is 5.32 Å². The highest BCUT2D eigenvalue weighted by molar-refractivity contribution is 6.31. The van der Waals surface area contributed by atoms with Crippen LogP contribution in [0.2, 0.25) is 5.15 Å². The van der Waals surface area contributed by atoms with Crippen LogP contribution in [0.3, 0.4) is 0 Å². The summed E-state index contributed by atoms with van der Waals surface area (Å²) in [6.45, 7) is 3.79. The first-order chi connectivity index (χ1) is 13.3. The van der Waals surface area contributed by atoms with Crippen molar-refractivity contribution in [2.24, 2.45) is 0 Å². The summed E-state index contributed by atoms with van der Waals surface area (Å²) in [5, 5.41) is 6.74. The number of nitrogens with one attached hydrogen (secondary N) is 1. The van der Waals surface area contributed by atoms with E-state index in [9.17, 15) is 18.4 Å². The Balaban J connectivity index is 1.92. The van der Waals surface area contributed by atoms with Gasteiger partial charge in [0.25, 0.3) is 5.91 Å². The average molecular weight is 412 g/mol. The third-order valence-corrected chi connectivity index (χ3v) is 4.19. The van der Waals surface area contributed by atoms with E-state index in [-0.39, 0.29) is 0 Å². The van der Waals surface area contributed by atoms with Gasteiger partial charge in [-0.25, -0.2) is 13.6 Å². The smallest absolute Gasteiger partial charge is 0.331 e. The number of nitrogens with zero attached hydrogens (tertiary/aromatic N) is 2. The molecular formula is C19H20ClF2N3O3. The first-order valence-electron chi connectivity index (χ1n) is 8.65. The maximum Gasteiger partial charge on any atom is 0.331 e. The van der Waals surface area contributed by atoms with E-state index in [1.165, 1.54) is 12.1 Å². The van der Waals surface area contributed by atoms with Crippen LogP contribution in [0.15, 0.2) is 24.3 Å². The summed E-state index contributed by atoms with van der Waals surface area (Å²) in [5.74, 6) is -3.53. The van der Waals surface area contributed by atoms with E-state index in [1.54, 1.807) is 11.6 Å². The molecular weight excluding hydrogens is 392 g/mol. The number of esters is 1. The van der Waals surface area contributed by atoms with Gasteiger partial charge >= 0.3 is 5.97 Å². The van der Waals surface area contributed by atoms with Gasteiger partial charge in [0.1, 0.15) is 22.5 Å². The number of anilines is 1. The van der Waals surface area contributed by atoms with Crippen molar-refractivity contribution in [1.82, 2.24) is 9.78 Å². The number of unbranched alkanes of at least 4 members (excludes halogenated alkanes) is 1. The van der Waals surface area contributed by atoms with Crippen molar-refractivity contribution in [2.45, 2.75) is 33.2 Å². The topological polar surface area (TPSA) is 73.2 Å². The lowest BCUT2D eigenvalue weighted by Crippen LogP contribution is -2.21. The summed E-state index contributed by atoms with van der Waals surface area (Å²) in [6.07, 6.45) is 4.47. The lowest BCUT2D eigenvalue weighted by molar-refractivity contribution is -0.142. The molecule has 9 heteroatoms. The fourth-order valence-electron chi connectivity index (χ4n) is 2.34. The average Bonchev–Trinajstić information content (AvgIpc) is 2.92. The molecule has 0 aliphatic heterocycles. The Kier molecular flexibility index (Phi) is 7.69. The predicted molar refractivity (Wildman–Crippen MR) is 102 cm³/mol. The fourth-order valence-corrected chi connectivity index (χ4v) is 2.66. The summed E-state index contributed by atoms with van der Waals surface area (Å²) in [4.78, 5) is 23.5. The van der Waals surface area contributed by atoms with Crippen molar-refractivity contribution in [2.75, 3.05) is 11.9 Å². The van der Waals surface area contributed by atoms with E-state index in [4.69, 9.17) is 16.3 Å². The summed E-state index contributed by atoms with van der Waals surface area (Å²) >= 11 is 6.26. The first-order valence-corrected chi connectivity index (χ1v) is 9.02. The van der Waals surface area contributed by atoms with Crippen LogP contribution in [-0.4, -0.2) is 28.3 Å². The predicted octanol–water partition coefficient (Wildman–Crippen LogP) is 4.12. The molecule has 1 heterocycles. The number of aryl methyl sites for hydroxylation is 2. The number of halogens is 3. The summed E-state index contributed by atoms with van der Waals surface area (Å²) in [7, 11) is 0. The van der Waals surface area contributed by atoms with Gasteiger partial charge in [0, 0.05) is 18.2 Å². The number of carbonyl (C=O) groups is 2. The van der Waals surface area contributed by atoms with Gasteiger partial charge in [-0.15, -0.1) is 0 Å². The van der Waals surface area contributed by atoms with E-state index >= 15 is 0 Å². The molecule has 2 rings (SSSR count). The van der Waals surface area contributed by atoms with Gasteiger partial charge in [-0.3, -0.25) is 9.48 Å². The molecule has 1 aromatic carbocycles. The lowest BCUT2D eigenvalue weighted by Gasteiger charge is -2.07. The Hall–Kier alpha value is -2.74. The van der Waals surface area contributed by atoms with E-state index in [1.807, 2.05) is 5.32 Å².